The molecule has 0 saturated carbocycles. The molecule has 0 aliphatic carbocycles. The van der Waals surface area contributed by atoms with Crippen molar-refractivity contribution in [3.05, 3.63) is 21.9 Å². The minimum atomic E-state index is -1.17. The lowest BCUT2D eigenvalue weighted by atomic mass is 10.3. The van der Waals surface area contributed by atoms with Crippen LogP contribution in [0.2, 0.25) is 0 Å². The lowest BCUT2D eigenvalue weighted by molar-refractivity contribution is -0.130. The molecule has 0 aromatic carbocycles. The molecular weight excluding hydrogens is 176 g/mol. The van der Waals surface area contributed by atoms with Crippen LogP contribution in [0, 0.1) is 11.8 Å². The van der Waals surface area contributed by atoms with E-state index < -0.39 is 5.97 Å². The van der Waals surface area contributed by atoms with E-state index in [9.17, 15) is 9.59 Å². The first-order valence-electron chi connectivity index (χ1n) is 3.01. The highest BCUT2D eigenvalue weighted by Crippen LogP contribution is 2.10. The van der Waals surface area contributed by atoms with Gasteiger partial charge in [-0.3, -0.25) is 4.79 Å². The van der Waals surface area contributed by atoms with Gasteiger partial charge in [-0.1, -0.05) is 5.92 Å². The Hall–Kier alpha value is -1.60. The van der Waals surface area contributed by atoms with Gasteiger partial charge in [0.15, 0.2) is 6.29 Å². The average molecular weight is 180 g/mol. The van der Waals surface area contributed by atoms with Crippen LogP contribution in [0.4, 0.5) is 0 Å². The Balaban J connectivity index is 2.85. The average Bonchev–Trinajstić information content (AvgIpc) is 2.48. The van der Waals surface area contributed by atoms with Crippen molar-refractivity contribution in [2.75, 3.05) is 0 Å². The zero-order valence-electron chi connectivity index (χ0n) is 5.90. The van der Waals surface area contributed by atoms with Gasteiger partial charge in [-0.25, -0.2) is 4.79 Å². The molecule has 0 saturated heterocycles. The highest BCUT2D eigenvalue weighted by molar-refractivity contribution is 7.11. The van der Waals surface area contributed by atoms with E-state index in [4.69, 9.17) is 5.11 Å². The third-order valence-corrected chi connectivity index (χ3v) is 1.91. The maximum atomic E-state index is 10.2. The number of hydrogen-bond acceptors (Lipinski definition) is 3. The lowest BCUT2D eigenvalue weighted by Crippen LogP contribution is -1.86. The maximum Gasteiger partial charge on any atom is 0.382 e. The van der Waals surface area contributed by atoms with Crippen molar-refractivity contribution in [3.63, 3.8) is 0 Å². The summed E-state index contributed by atoms with van der Waals surface area (Å²) in [5, 5.41) is 9.84. The van der Waals surface area contributed by atoms with Crippen LogP contribution < -0.4 is 0 Å². The molecule has 1 heterocycles. The molecule has 0 unspecified atom stereocenters. The fourth-order valence-electron chi connectivity index (χ4n) is 0.606. The second-order valence-electron chi connectivity index (χ2n) is 1.91. The highest BCUT2D eigenvalue weighted by Gasteiger charge is 1.94. The monoisotopic (exact) mass is 180 g/mol. The molecule has 3 nitrogen and oxygen atoms in total. The fraction of sp³-hybridized carbons (Fsp3) is 0. The van der Waals surface area contributed by atoms with E-state index in [0.717, 1.165) is 0 Å². The summed E-state index contributed by atoms with van der Waals surface area (Å²) in [6.07, 6.45) is 0.705. The Morgan fingerprint density at radius 2 is 2.42 bits per heavy atom. The number of carboxylic acids is 1. The van der Waals surface area contributed by atoms with Gasteiger partial charge < -0.3 is 5.11 Å². The van der Waals surface area contributed by atoms with Crippen LogP contribution in [-0.4, -0.2) is 17.4 Å². The van der Waals surface area contributed by atoms with Crippen molar-refractivity contribution >= 4 is 23.6 Å². The molecule has 1 aromatic rings. The van der Waals surface area contributed by atoms with E-state index >= 15 is 0 Å². The minimum absolute atomic E-state index is 0.546. The van der Waals surface area contributed by atoms with E-state index in [2.05, 4.69) is 5.92 Å². The predicted octanol–water partition coefficient (Wildman–Crippen LogP) is 0.997. The first kappa shape index (κ1) is 8.50. The zero-order valence-corrected chi connectivity index (χ0v) is 6.72. The summed E-state index contributed by atoms with van der Waals surface area (Å²) >= 11 is 1.24. The smallest absolute Gasteiger partial charge is 0.382 e. The molecule has 0 fully saturated rings. The molecule has 60 valence electrons. The molecular formula is C8H4O3S. The van der Waals surface area contributed by atoms with Gasteiger partial charge in [0, 0.05) is 16.9 Å². The summed E-state index contributed by atoms with van der Waals surface area (Å²) in [6.45, 7) is 0. The largest absolute Gasteiger partial charge is 0.472 e. The Morgan fingerprint density at radius 1 is 1.67 bits per heavy atom. The number of carbonyl (C=O) groups excluding carboxylic acids is 1. The topological polar surface area (TPSA) is 54.4 Å². The first-order chi connectivity index (χ1) is 5.72. The summed E-state index contributed by atoms with van der Waals surface area (Å²) in [5.74, 6) is 3.19. The summed E-state index contributed by atoms with van der Waals surface area (Å²) in [6, 6.07) is 1.55. The molecule has 0 atom stereocenters. The normalized spacial score (nSPS) is 8.33. The molecule has 4 heteroatoms. The van der Waals surface area contributed by atoms with E-state index in [-0.39, 0.29) is 0 Å². The molecule has 0 aliphatic heterocycles. The third-order valence-electron chi connectivity index (χ3n) is 1.05. The Bertz CT molecular complexity index is 367. The number of thiophene rings is 1. The fourth-order valence-corrected chi connectivity index (χ4v) is 1.25. The van der Waals surface area contributed by atoms with E-state index in [1.807, 2.05) is 5.92 Å². The van der Waals surface area contributed by atoms with Gasteiger partial charge in [0.05, 0.1) is 4.88 Å². The van der Waals surface area contributed by atoms with Crippen molar-refractivity contribution < 1.29 is 14.7 Å². The number of hydrogen-bond donors (Lipinski definition) is 1. The minimum Gasteiger partial charge on any atom is -0.472 e. The summed E-state index contributed by atoms with van der Waals surface area (Å²) in [7, 11) is 0. The van der Waals surface area contributed by atoms with Crippen molar-refractivity contribution in [1.29, 1.82) is 0 Å². The Morgan fingerprint density at radius 3 is 2.92 bits per heavy atom. The van der Waals surface area contributed by atoms with Crippen LogP contribution >= 0.6 is 11.3 Å². The van der Waals surface area contributed by atoms with Gasteiger partial charge in [-0.05, 0) is 6.07 Å². The second kappa shape index (κ2) is 3.69. The highest BCUT2D eigenvalue weighted by atomic mass is 32.1. The van der Waals surface area contributed by atoms with E-state index in [0.29, 0.717) is 16.7 Å². The van der Waals surface area contributed by atoms with Crippen molar-refractivity contribution in [1.82, 2.24) is 0 Å². The van der Waals surface area contributed by atoms with Crippen LogP contribution in [0.5, 0.6) is 0 Å². The maximum absolute atomic E-state index is 10.2. The van der Waals surface area contributed by atoms with Gasteiger partial charge in [-0.15, -0.1) is 11.3 Å². The Labute approximate surface area is 72.6 Å². The van der Waals surface area contributed by atoms with Gasteiger partial charge >= 0.3 is 5.97 Å². The van der Waals surface area contributed by atoms with Gasteiger partial charge in [0.2, 0.25) is 0 Å². The second-order valence-corrected chi connectivity index (χ2v) is 2.85. The standard InChI is InChI=1S/C8H4O3S/c9-4-7-3-6(5-12-7)1-2-8(10)11/h3-5H,(H,10,11). The van der Waals surface area contributed by atoms with Crippen molar-refractivity contribution in [3.8, 4) is 11.8 Å². The van der Waals surface area contributed by atoms with E-state index in [1.165, 1.54) is 11.3 Å². The van der Waals surface area contributed by atoms with Crippen LogP contribution in [-0.2, 0) is 4.79 Å². The van der Waals surface area contributed by atoms with Gasteiger partial charge in [0.25, 0.3) is 0 Å². The molecule has 0 amide bonds. The van der Waals surface area contributed by atoms with Crippen molar-refractivity contribution in [2.24, 2.45) is 0 Å². The number of carbonyl (C=O) groups is 2. The quantitative estimate of drug-likeness (QED) is 0.518. The van der Waals surface area contributed by atoms with Crippen LogP contribution in [0.15, 0.2) is 11.4 Å². The first-order valence-corrected chi connectivity index (χ1v) is 3.89. The van der Waals surface area contributed by atoms with E-state index in [1.54, 1.807) is 11.4 Å². The van der Waals surface area contributed by atoms with Crippen LogP contribution in [0.1, 0.15) is 15.2 Å². The molecule has 1 rings (SSSR count). The van der Waals surface area contributed by atoms with Gasteiger partial charge in [0.1, 0.15) is 0 Å². The number of rotatable bonds is 1. The summed E-state index contributed by atoms with van der Waals surface area (Å²) < 4.78 is 0. The molecule has 1 N–H and O–H groups in total. The van der Waals surface area contributed by atoms with Crippen LogP contribution in [0.25, 0.3) is 0 Å². The number of carboxylic acid groups (broad SMARTS) is 1. The van der Waals surface area contributed by atoms with Crippen molar-refractivity contribution in [2.45, 2.75) is 0 Å². The van der Waals surface area contributed by atoms with Crippen LogP contribution in [0.3, 0.4) is 0 Å². The van der Waals surface area contributed by atoms with Gasteiger partial charge in [-0.2, -0.15) is 0 Å². The molecule has 0 radical (unpaired) electrons. The molecule has 12 heavy (non-hydrogen) atoms. The molecule has 0 aliphatic rings. The predicted molar refractivity (Wildman–Crippen MR) is 44.2 cm³/mol. The number of aliphatic carboxylic acids is 1. The SMILES string of the molecule is O=Cc1cc(C#CC(=O)O)cs1. The lowest BCUT2D eigenvalue weighted by Gasteiger charge is -1.74. The Kier molecular flexibility index (Phi) is 2.62. The number of aldehydes is 1. The summed E-state index contributed by atoms with van der Waals surface area (Å²) in [4.78, 5) is 20.8. The molecule has 0 spiro atoms. The molecule has 1 aromatic heterocycles. The molecule has 0 bridgehead atoms. The summed E-state index contributed by atoms with van der Waals surface area (Å²) in [5.41, 5.74) is 0.560. The zero-order chi connectivity index (χ0) is 8.97. The third kappa shape index (κ3) is 2.22.